The third-order valence-electron chi connectivity index (χ3n) is 3.34. The summed E-state index contributed by atoms with van der Waals surface area (Å²) in [4.78, 5) is 12.0. The molecule has 0 aliphatic rings. The van der Waals surface area contributed by atoms with Gasteiger partial charge < -0.3 is 9.88 Å². The molecule has 5 nitrogen and oxygen atoms in total. The quantitative estimate of drug-likeness (QED) is 0.773. The number of rotatable bonds is 7. The van der Waals surface area contributed by atoms with Crippen molar-refractivity contribution >= 4 is 29.3 Å². The fourth-order valence-electron chi connectivity index (χ4n) is 2.08. The largest absolute Gasteiger partial charge is 0.355 e. The molecule has 0 saturated heterocycles. The molecule has 0 aliphatic heterocycles. The van der Waals surface area contributed by atoms with Crippen molar-refractivity contribution in [1.82, 2.24) is 20.1 Å². The van der Waals surface area contributed by atoms with Crippen LogP contribution in [0.25, 0.3) is 11.4 Å². The predicted octanol–water partition coefficient (Wildman–Crippen LogP) is 3.63. The van der Waals surface area contributed by atoms with Crippen LogP contribution < -0.4 is 5.32 Å². The van der Waals surface area contributed by atoms with E-state index < -0.39 is 0 Å². The van der Waals surface area contributed by atoms with Gasteiger partial charge >= 0.3 is 0 Å². The first-order valence-corrected chi connectivity index (χ1v) is 8.96. The van der Waals surface area contributed by atoms with Crippen LogP contribution in [0.15, 0.2) is 29.4 Å². The Morgan fingerprint density at radius 3 is 2.61 bits per heavy atom. The van der Waals surface area contributed by atoms with Gasteiger partial charge in [-0.3, -0.25) is 4.79 Å². The van der Waals surface area contributed by atoms with Crippen LogP contribution in [0.1, 0.15) is 27.2 Å². The number of thioether (sulfide) groups is 1. The molecule has 1 aromatic carbocycles. The zero-order valence-electron chi connectivity index (χ0n) is 13.5. The van der Waals surface area contributed by atoms with Crippen molar-refractivity contribution in [3.05, 3.63) is 29.3 Å². The Morgan fingerprint density at radius 2 is 2.00 bits per heavy atom. The Morgan fingerprint density at radius 1 is 1.30 bits per heavy atom. The minimum absolute atomic E-state index is 0.0237. The van der Waals surface area contributed by atoms with E-state index in [2.05, 4.69) is 15.5 Å². The van der Waals surface area contributed by atoms with Crippen LogP contribution in [-0.4, -0.2) is 32.5 Å². The van der Waals surface area contributed by atoms with Gasteiger partial charge in [-0.1, -0.05) is 30.3 Å². The van der Waals surface area contributed by atoms with Gasteiger partial charge in [-0.05, 0) is 44.5 Å². The molecule has 0 radical (unpaired) electrons. The zero-order valence-corrected chi connectivity index (χ0v) is 15.1. The number of halogens is 1. The molecule has 2 aromatic rings. The maximum Gasteiger partial charge on any atom is 0.233 e. The van der Waals surface area contributed by atoms with Gasteiger partial charge in [0.05, 0.1) is 5.25 Å². The summed E-state index contributed by atoms with van der Waals surface area (Å²) in [5, 5.41) is 12.7. The lowest BCUT2D eigenvalue weighted by atomic mass is 10.2. The number of carbonyl (C=O) groups excluding carboxylic acids is 1. The number of amides is 1. The number of hydrogen-bond donors (Lipinski definition) is 1. The maximum atomic E-state index is 12.0. The molecule has 1 heterocycles. The van der Waals surface area contributed by atoms with Crippen LogP contribution in [0.3, 0.4) is 0 Å². The third kappa shape index (κ3) is 4.48. The molecule has 0 fully saturated rings. The lowest BCUT2D eigenvalue weighted by Gasteiger charge is -2.12. The third-order valence-corrected chi connectivity index (χ3v) is 4.67. The topological polar surface area (TPSA) is 59.8 Å². The van der Waals surface area contributed by atoms with E-state index in [0.29, 0.717) is 11.6 Å². The predicted molar refractivity (Wildman–Crippen MR) is 94.8 cm³/mol. The summed E-state index contributed by atoms with van der Waals surface area (Å²) in [5.74, 6) is 0.809. The van der Waals surface area contributed by atoms with Crippen molar-refractivity contribution in [2.24, 2.45) is 0 Å². The molecule has 0 unspecified atom stereocenters. The van der Waals surface area contributed by atoms with Crippen molar-refractivity contribution in [3.63, 3.8) is 0 Å². The summed E-state index contributed by atoms with van der Waals surface area (Å²) in [6.07, 6.45) is 0.926. The van der Waals surface area contributed by atoms with Gasteiger partial charge in [-0.2, -0.15) is 0 Å². The lowest BCUT2D eigenvalue weighted by molar-refractivity contribution is -0.120. The zero-order chi connectivity index (χ0) is 16.8. The van der Waals surface area contributed by atoms with Gasteiger partial charge in [0.15, 0.2) is 11.0 Å². The second kappa shape index (κ2) is 8.36. The van der Waals surface area contributed by atoms with E-state index in [1.54, 1.807) is 0 Å². The Balaban J connectivity index is 2.17. The Hall–Kier alpha value is -1.53. The van der Waals surface area contributed by atoms with Crippen LogP contribution in [0.5, 0.6) is 0 Å². The highest BCUT2D eigenvalue weighted by molar-refractivity contribution is 8.00. The van der Waals surface area contributed by atoms with Gasteiger partial charge in [0, 0.05) is 23.7 Å². The average Bonchev–Trinajstić information content (AvgIpc) is 2.95. The van der Waals surface area contributed by atoms with Gasteiger partial charge in [-0.15, -0.1) is 10.2 Å². The van der Waals surface area contributed by atoms with Crippen LogP contribution >= 0.6 is 23.4 Å². The molecular formula is C16H21ClN4OS. The highest BCUT2D eigenvalue weighted by Crippen LogP contribution is 2.27. The molecule has 0 aliphatic carbocycles. The van der Waals surface area contributed by atoms with E-state index in [9.17, 15) is 4.79 Å². The molecule has 0 bridgehead atoms. The molecule has 0 saturated carbocycles. The van der Waals surface area contributed by atoms with Crippen LogP contribution in [0, 0.1) is 0 Å². The summed E-state index contributed by atoms with van der Waals surface area (Å²) < 4.78 is 2.01. The second-order valence-electron chi connectivity index (χ2n) is 5.11. The van der Waals surface area contributed by atoms with E-state index in [-0.39, 0.29) is 11.2 Å². The number of benzene rings is 1. The molecule has 0 spiro atoms. The fraction of sp³-hybridized carbons (Fsp3) is 0.438. The Bertz CT molecular complexity index is 657. The highest BCUT2D eigenvalue weighted by atomic mass is 35.5. The second-order valence-corrected chi connectivity index (χ2v) is 6.85. The first-order valence-electron chi connectivity index (χ1n) is 7.70. The normalized spacial score (nSPS) is 12.2. The van der Waals surface area contributed by atoms with Gasteiger partial charge in [0.25, 0.3) is 0 Å². The molecule has 23 heavy (non-hydrogen) atoms. The molecule has 2 rings (SSSR count). The van der Waals surface area contributed by atoms with Crippen LogP contribution in [-0.2, 0) is 11.3 Å². The fourth-order valence-corrected chi connectivity index (χ4v) is 3.14. The molecular weight excluding hydrogens is 332 g/mol. The van der Waals surface area contributed by atoms with E-state index >= 15 is 0 Å². The van der Waals surface area contributed by atoms with Crippen molar-refractivity contribution in [2.75, 3.05) is 6.54 Å². The minimum atomic E-state index is -0.214. The van der Waals surface area contributed by atoms with Gasteiger partial charge in [0.2, 0.25) is 5.91 Å². The van der Waals surface area contributed by atoms with Gasteiger partial charge in [-0.25, -0.2) is 0 Å². The average molecular weight is 353 g/mol. The first kappa shape index (κ1) is 17.8. The van der Waals surface area contributed by atoms with Crippen molar-refractivity contribution in [2.45, 2.75) is 44.1 Å². The summed E-state index contributed by atoms with van der Waals surface area (Å²) >= 11 is 7.36. The van der Waals surface area contributed by atoms with E-state index in [4.69, 9.17) is 11.6 Å². The lowest BCUT2D eigenvalue weighted by Crippen LogP contribution is -2.31. The maximum absolute atomic E-state index is 12.0. The van der Waals surface area contributed by atoms with Crippen LogP contribution in [0.4, 0.5) is 0 Å². The SMILES string of the molecule is CCCNC(=O)[C@H](C)Sc1nnc(-c2ccc(Cl)cc2)n1CC. The van der Waals surface area contributed by atoms with E-state index in [0.717, 1.165) is 29.5 Å². The monoisotopic (exact) mass is 352 g/mol. The van der Waals surface area contributed by atoms with Crippen LogP contribution in [0.2, 0.25) is 5.02 Å². The first-order chi connectivity index (χ1) is 11.1. The standard InChI is InChI=1S/C16H21ClN4OS/c1-4-10-18-15(22)11(3)23-16-20-19-14(21(16)5-2)12-6-8-13(17)9-7-12/h6-9,11H,4-5,10H2,1-3H3,(H,18,22)/t11-/m0/s1. The minimum Gasteiger partial charge on any atom is -0.355 e. The van der Waals surface area contributed by atoms with Gasteiger partial charge in [0.1, 0.15) is 0 Å². The summed E-state index contributed by atoms with van der Waals surface area (Å²) in [6, 6.07) is 7.51. The van der Waals surface area contributed by atoms with Crippen molar-refractivity contribution < 1.29 is 4.79 Å². The molecule has 7 heteroatoms. The van der Waals surface area contributed by atoms with Crippen molar-refractivity contribution in [1.29, 1.82) is 0 Å². The summed E-state index contributed by atoms with van der Waals surface area (Å²) in [7, 11) is 0. The molecule has 1 atom stereocenters. The number of aromatic nitrogens is 3. The molecule has 124 valence electrons. The highest BCUT2D eigenvalue weighted by Gasteiger charge is 2.19. The Labute approximate surface area is 145 Å². The number of nitrogens with zero attached hydrogens (tertiary/aromatic N) is 3. The molecule has 1 N–H and O–H groups in total. The summed E-state index contributed by atoms with van der Waals surface area (Å²) in [6.45, 7) is 7.38. The molecule has 1 aromatic heterocycles. The van der Waals surface area contributed by atoms with E-state index in [1.165, 1.54) is 11.8 Å². The number of nitrogens with one attached hydrogen (secondary N) is 1. The number of carbonyl (C=O) groups is 1. The molecule has 1 amide bonds. The smallest absolute Gasteiger partial charge is 0.233 e. The Kier molecular flexibility index (Phi) is 6.47. The van der Waals surface area contributed by atoms with Crippen molar-refractivity contribution in [3.8, 4) is 11.4 Å². The number of hydrogen-bond acceptors (Lipinski definition) is 4. The van der Waals surface area contributed by atoms with E-state index in [1.807, 2.05) is 49.6 Å². The summed E-state index contributed by atoms with van der Waals surface area (Å²) in [5.41, 5.74) is 0.957.